The third kappa shape index (κ3) is 3.42. The molecule has 8 heavy (non-hydrogen) atoms. The van der Waals surface area contributed by atoms with Crippen LogP contribution in [0.1, 0.15) is 6.92 Å². The minimum absolute atomic E-state index is 0.199. The Morgan fingerprint density at radius 2 is 2.25 bits per heavy atom. The van der Waals surface area contributed by atoms with Crippen LogP contribution >= 0.6 is 0 Å². The lowest BCUT2D eigenvalue weighted by Crippen LogP contribution is -2.41. The minimum atomic E-state index is -0.199. The smallest absolute Gasteiger partial charge is 0.329 e. The molecule has 0 heterocycles. The van der Waals surface area contributed by atoms with Gasteiger partial charge in [-0.05, 0) is 6.92 Å². The van der Waals surface area contributed by atoms with Crippen molar-refractivity contribution in [3.63, 3.8) is 0 Å². The van der Waals surface area contributed by atoms with Crippen LogP contribution in [-0.2, 0) is 0 Å². The van der Waals surface area contributed by atoms with Gasteiger partial charge in [-0.3, -0.25) is 5.43 Å². The van der Waals surface area contributed by atoms with Gasteiger partial charge in [-0.15, -0.1) is 0 Å². The van der Waals surface area contributed by atoms with E-state index in [9.17, 15) is 4.79 Å². The first kappa shape index (κ1) is 7.23. The monoisotopic (exact) mass is 117 g/mol. The van der Waals surface area contributed by atoms with E-state index in [2.05, 4.69) is 16.2 Å². The number of nitrogens with one attached hydrogen (secondary N) is 3. The number of hydrazine groups is 1. The molecule has 48 valence electrons. The lowest BCUT2D eigenvalue weighted by atomic mass is 10.7. The zero-order valence-electron chi connectivity index (χ0n) is 5.12. The first-order chi connectivity index (χ1) is 3.81. The maximum Gasteiger partial charge on any atom is 0.329 e. The number of urea groups is 1. The van der Waals surface area contributed by atoms with Gasteiger partial charge in [-0.25, -0.2) is 10.2 Å². The molecule has 0 aliphatic rings. The third-order valence-corrected chi connectivity index (χ3v) is 0.576. The number of rotatable bonds is 2. The van der Waals surface area contributed by atoms with Crippen LogP contribution in [0.15, 0.2) is 0 Å². The van der Waals surface area contributed by atoms with Gasteiger partial charge in [0.15, 0.2) is 0 Å². The van der Waals surface area contributed by atoms with Crippen LogP contribution in [0.5, 0.6) is 0 Å². The zero-order chi connectivity index (χ0) is 6.41. The van der Waals surface area contributed by atoms with Gasteiger partial charge in [-0.1, -0.05) is 0 Å². The Balaban J connectivity index is 3.06. The molecule has 0 rings (SSSR count). The summed E-state index contributed by atoms with van der Waals surface area (Å²) in [4.78, 5) is 10.4. The molecule has 3 N–H and O–H groups in total. The minimum Gasteiger partial charge on any atom is -0.337 e. The fourth-order valence-corrected chi connectivity index (χ4v) is 0.318. The Labute approximate surface area is 48.6 Å². The van der Waals surface area contributed by atoms with Crippen molar-refractivity contribution in [2.24, 2.45) is 0 Å². The first-order valence-electron chi connectivity index (χ1n) is 2.51. The molecular formula is C4H11N3O. The van der Waals surface area contributed by atoms with Gasteiger partial charge in [-0.2, -0.15) is 0 Å². The molecule has 0 atom stereocenters. The van der Waals surface area contributed by atoms with Gasteiger partial charge < -0.3 is 5.32 Å². The maximum atomic E-state index is 10.4. The molecule has 0 spiro atoms. The summed E-state index contributed by atoms with van der Waals surface area (Å²) in [7, 11) is 1.63. The first-order valence-corrected chi connectivity index (χ1v) is 2.51. The number of carbonyl (C=O) groups excluding carboxylic acids is 1. The van der Waals surface area contributed by atoms with E-state index >= 15 is 0 Å². The highest BCUT2D eigenvalue weighted by atomic mass is 16.2. The molecule has 0 aromatic rings. The summed E-state index contributed by atoms with van der Waals surface area (Å²) in [6.07, 6.45) is 0. The summed E-state index contributed by atoms with van der Waals surface area (Å²) < 4.78 is 0. The largest absolute Gasteiger partial charge is 0.337 e. The summed E-state index contributed by atoms with van der Waals surface area (Å²) in [5.74, 6) is 0. The molecule has 0 saturated heterocycles. The zero-order valence-corrected chi connectivity index (χ0v) is 5.12. The Morgan fingerprint density at radius 3 is 2.62 bits per heavy atom. The highest BCUT2D eigenvalue weighted by Gasteiger charge is 1.89. The van der Waals surface area contributed by atoms with Crippen molar-refractivity contribution < 1.29 is 4.79 Å². The average Bonchev–Trinajstić information content (AvgIpc) is 1.68. The molecule has 0 bridgehead atoms. The standard InChI is InChI=1S/C4H11N3O/c1-3-6-4(8)7-5-2/h5H,3H2,1-2H3,(H2,6,7,8). The van der Waals surface area contributed by atoms with E-state index in [1.165, 1.54) is 0 Å². The highest BCUT2D eigenvalue weighted by Crippen LogP contribution is 1.56. The molecule has 0 radical (unpaired) electrons. The van der Waals surface area contributed by atoms with Crippen LogP contribution < -0.4 is 16.2 Å². The molecule has 2 amide bonds. The molecule has 0 aromatic carbocycles. The van der Waals surface area contributed by atoms with Crippen molar-refractivity contribution in [1.82, 2.24) is 16.2 Å². The summed E-state index contributed by atoms with van der Waals surface area (Å²) in [5.41, 5.74) is 4.84. The number of amides is 2. The van der Waals surface area contributed by atoms with Crippen LogP contribution in [0.4, 0.5) is 4.79 Å². The molecule has 4 nitrogen and oxygen atoms in total. The fraction of sp³-hybridized carbons (Fsp3) is 0.750. The lowest BCUT2D eigenvalue weighted by molar-refractivity contribution is 0.238. The number of hydrogen-bond acceptors (Lipinski definition) is 2. The maximum absolute atomic E-state index is 10.4. The number of hydrogen-bond donors (Lipinski definition) is 3. The summed E-state index contributed by atoms with van der Waals surface area (Å²) in [5, 5.41) is 2.53. The molecule has 0 saturated carbocycles. The second-order valence-electron chi connectivity index (χ2n) is 1.23. The Morgan fingerprint density at radius 1 is 1.62 bits per heavy atom. The van der Waals surface area contributed by atoms with E-state index in [-0.39, 0.29) is 6.03 Å². The Hall–Kier alpha value is -0.770. The van der Waals surface area contributed by atoms with Crippen LogP contribution in [0.2, 0.25) is 0 Å². The average molecular weight is 117 g/mol. The second kappa shape index (κ2) is 4.39. The van der Waals surface area contributed by atoms with Crippen LogP contribution in [-0.4, -0.2) is 19.6 Å². The predicted molar refractivity (Wildman–Crippen MR) is 31.3 cm³/mol. The van der Waals surface area contributed by atoms with Gasteiger partial charge in [0.05, 0.1) is 0 Å². The van der Waals surface area contributed by atoms with Gasteiger partial charge in [0.2, 0.25) is 0 Å². The normalized spacial score (nSPS) is 8.25. The van der Waals surface area contributed by atoms with Crippen molar-refractivity contribution in [2.75, 3.05) is 13.6 Å². The molecule has 0 fully saturated rings. The van der Waals surface area contributed by atoms with Crippen LogP contribution in [0.25, 0.3) is 0 Å². The van der Waals surface area contributed by atoms with Crippen molar-refractivity contribution in [3.8, 4) is 0 Å². The van der Waals surface area contributed by atoms with Crippen LogP contribution in [0.3, 0.4) is 0 Å². The van der Waals surface area contributed by atoms with Crippen molar-refractivity contribution >= 4 is 6.03 Å². The van der Waals surface area contributed by atoms with E-state index in [1.54, 1.807) is 7.05 Å². The van der Waals surface area contributed by atoms with Gasteiger partial charge >= 0.3 is 6.03 Å². The summed E-state index contributed by atoms with van der Waals surface area (Å²) in [6, 6.07) is -0.199. The Kier molecular flexibility index (Phi) is 3.97. The molecule has 4 heteroatoms. The second-order valence-corrected chi connectivity index (χ2v) is 1.23. The number of carbonyl (C=O) groups is 1. The SMILES string of the molecule is CCNC(=O)NNC. The Bertz CT molecular complexity index is 65.7. The van der Waals surface area contributed by atoms with E-state index in [4.69, 9.17) is 0 Å². The third-order valence-electron chi connectivity index (χ3n) is 0.576. The van der Waals surface area contributed by atoms with E-state index in [1.807, 2.05) is 6.92 Å². The molecule has 0 unspecified atom stereocenters. The van der Waals surface area contributed by atoms with Gasteiger partial charge in [0, 0.05) is 13.6 Å². The van der Waals surface area contributed by atoms with Crippen LogP contribution in [0, 0.1) is 0 Å². The van der Waals surface area contributed by atoms with Crippen molar-refractivity contribution in [3.05, 3.63) is 0 Å². The summed E-state index contributed by atoms with van der Waals surface area (Å²) >= 11 is 0. The predicted octanol–water partition coefficient (Wildman–Crippen LogP) is -0.560. The fourth-order valence-electron chi connectivity index (χ4n) is 0.318. The van der Waals surface area contributed by atoms with Crippen molar-refractivity contribution in [1.29, 1.82) is 0 Å². The molecule has 0 aliphatic heterocycles. The van der Waals surface area contributed by atoms with E-state index < -0.39 is 0 Å². The van der Waals surface area contributed by atoms with E-state index in [0.29, 0.717) is 6.54 Å². The summed E-state index contributed by atoms with van der Waals surface area (Å²) in [6.45, 7) is 2.50. The van der Waals surface area contributed by atoms with Gasteiger partial charge in [0.25, 0.3) is 0 Å². The molecule has 0 aromatic heterocycles. The lowest BCUT2D eigenvalue weighted by Gasteiger charge is -2.00. The topological polar surface area (TPSA) is 53.2 Å². The van der Waals surface area contributed by atoms with Gasteiger partial charge in [0.1, 0.15) is 0 Å². The quantitative estimate of drug-likeness (QED) is 0.425. The molecule has 0 aliphatic carbocycles. The molecular weight excluding hydrogens is 106 g/mol. The van der Waals surface area contributed by atoms with Crippen molar-refractivity contribution in [2.45, 2.75) is 6.92 Å². The van der Waals surface area contributed by atoms with E-state index in [0.717, 1.165) is 0 Å². The highest BCUT2D eigenvalue weighted by molar-refractivity contribution is 5.73.